The molecule has 0 aromatic heterocycles. The van der Waals surface area contributed by atoms with Gasteiger partial charge in [0.25, 0.3) is 0 Å². The minimum Gasteiger partial charge on any atom is -0.310 e. The van der Waals surface area contributed by atoms with Gasteiger partial charge in [0.15, 0.2) is 0 Å². The lowest BCUT2D eigenvalue weighted by molar-refractivity contribution is 0.433. The van der Waals surface area contributed by atoms with Gasteiger partial charge in [-0.25, -0.2) is 0 Å². The Kier molecular flexibility index (Phi) is 6.14. The molecule has 3 heteroatoms. The third-order valence-electron chi connectivity index (χ3n) is 3.84. The van der Waals surface area contributed by atoms with Gasteiger partial charge in [-0.1, -0.05) is 18.6 Å². The van der Waals surface area contributed by atoms with Crippen LogP contribution in [-0.4, -0.2) is 11.8 Å². The number of hydrogen-bond donors (Lipinski definition) is 1. The third-order valence-corrected chi connectivity index (χ3v) is 4.92. The molecule has 0 heterocycles. The lowest BCUT2D eigenvalue weighted by atomic mass is 9.89. The minimum absolute atomic E-state index is 0.168. The summed E-state index contributed by atoms with van der Waals surface area (Å²) in [6.45, 7) is 5.04. The lowest BCUT2D eigenvalue weighted by Crippen LogP contribution is -2.15. The van der Waals surface area contributed by atoms with E-state index in [4.69, 9.17) is 5.26 Å². The molecule has 1 aromatic rings. The van der Waals surface area contributed by atoms with E-state index < -0.39 is 0 Å². The topological polar surface area (TPSA) is 35.8 Å². The molecule has 0 amide bonds. The van der Waals surface area contributed by atoms with Gasteiger partial charge >= 0.3 is 0 Å². The second-order valence-electron chi connectivity index (χ2n) is 6.60. The molecule has 2 rings (SSSR count). The maximum atomic E-state index is 8.99. The van der Waals surface area contributed by atoms with Crippen LogP contribution >= 0.6 is 11.8 Å². The number of unbranched alkanes of at least 4 members (excludes halogenated alkanes) is 1. The molecule has 0 unspecified atom stereocenters. The summed E-state index contributed by atoms with van der Waals surface area (Å²) in [7, 11) is 0. The standard InChI is InChI=1S/C18H26N2S/c1-18(2,14-19)10-3-4-11-21-17-7-5-6-15(12-17)13-20-16-8-9-16/h5-7,12,16,20H,3-4,8-11,13H2,1-2H3. The lowest BCUT2D eigenvalue weighted by Gasteiger charge is -2.14. The summed E-state index contributed by atoms with van der Waals surface area (Å²) in [5.41, 5.74) is 1.22. The zero-order chi connectivity index (χ0) is 15.1. The summed E-state index contributed by atoms with van der Waals surface area (Å²) in [4.78, 5) is 1.37. The summed E-state index contributed by atoms with van der Waals surface area (Å²) in [5.74, 6) is 1.14. The van der Waals surface area contributed by atoms with E-state index in [1.807, 2.05) is 25.6 Å². The predicted molar refractivity (Wildman–Crippen MR) is 90.3 cm³/mol. The van der Waals surface area contributed by atoms with Crippen LogP contribution in [0.5, 0.6) is 0 Å². The SMILES string of the molecule is CC(C)(C#N)CCCCSc1cccc(CNC2CC2)c1. The summed E-state index contributed by atoms with van der Waals surface area (Å²) in [5, 5.41) is 12.6. The Bertz CT molecular complexity index is 486. The average molecular weight is 302 g/mol. The van der Waals surface area contributed by atoms with Gasteiger partial charge in [0.1, 0.15) is 0 Å². The smallest absolute Gasteiger partial charge is 0.0683 e. The van der Waals surface area contributed by atoms with Crippen molar-refractivity contribution in [3.8, 4) is 6.07 Å². The highest BCUT2D eigenvalue weighted by molar-refractivity contribution is 7.99. The van der Waals surface area contributed by atoms with Crippen molar-refractivity contribution in [2.75, 3.05) is 5.75 Å². The predicted octanol–water partition coefficient (Wildman–Crippen LogP) is 4.75. The molecule has 0 atom stereocenters. The molecule has 1 aliphatic rings. The zero-order valence-electron chi connectivity index (χ0n) is 13.2. The molecule has 114 valence electrons. The van der Waals surface area contributed by atoms with Crippen molar-refractivity contribution in [3.63, 3.8) is 0 Å². The van der Waals surface area contributed by atoms with Crippen LogP contribution in [0.2, 0.25) is 0 Å². The molecule has 2 nitrogen and oxygen atoms in total. The monoisotopic (exact) mass is 302 g/mol. The molecule has 1 N–H and O–H groups in total. The van der Waals surface area contributed by atoms with Crippen molar-refractivity contribution in [1.82, 2.24) is 5.32 Å². The van der Waals surface area contributed by atoms with Crippen LogP contribution in [0, 0.1) is 16.7 Å². The summed E-state index contributed by atoms with van der Waals surface area (Å²) in [6, 6.07) is 12.0. The van der Waals surface area contributed by atoms with Gasteiger partial charge in [-0.05, 0) is 63.0 Å². The van der Waals surface area contributed by atoms with E-state index in [9.17, 15) is 0 Å². The van der Waals surface area contributed by atoms with Crippen molar-refractivity contribution >= 4 is 11.8 Å². The quantitative estimate of drug-likeness (QED) is 0.528. The van der Waals surface area contributed by atoms with Crippen molar-refractivity contribution < 1.29 is 0 Å². The van der Waals surface area contributed by atoms with E-state index in [1.54, 1.807) is 0 Å². The van der Waals surface area contributed by atoms with Crippen LogP contribution in [0.4, 0.5) is 0 Å². The van der Waals surface area contributed by atoms with Crippen molar-refractivity contribution in [2.45, 2.75) is 63.4 Å². The Hall–Kier alpha value is -0.980. The van der Waals surface area contributed by atoms with Crippen molar-refractivity contribution in [2.24, 2.45) is 5.41 Å². The van der Waals surface area contributed by atoms with Crippen LogP contribution < -0.4 is 5.32 Å². The molecular formula is C18H26N2S. The van der Waals surface area contributed by atoms with Gasteiger partial charge in [0, 0.05) is 17.5 Å². The van der Waals surface area contributed by atoms with E-state index in [0.717, 1.165) is 31.2 Å². The number of hydrogen-bond acceptors (Lipinski definition) is 3. The van der Waals surface area contributed by atoms with Gasteiger partial charge in [-0.2, -0.15) is 5.26 Å². The Morgan fingerprint density at radius 2 is 2.14 bits per heavy atom. The van der Waals surface area contributed by atoms with Gasteiger partial charge < -0.3 is 5.32 Å². The molecule has 1 saturated carbocycles. The number of benzene rings is 1. The highest BCUT2D eigenvalue weighted by Gasteiger charge is 2.19. The molecule has 1 fully saturated rings. The Labute approximate surface area is 133 Å². The average Bonchev–Trinajstić information content (AvgIpc) is 3.29. The third kappa shape index (κ3) is 6.54. The first-order valence-electron chi connectivity index (χ1n) is 7.95. The maximum absolute atomic E-state index is 8.99. The fraction of sp³-hybridized carbons (Fsp3) is 0.611. The Balaban J connectivity index is 1.65. The zero-order valence-corrected chi connectivity index (χ0v) is 14.0. The molecule has 21 heavy (non-hydrogen) atoms. The van der Waals surface area contributed by atoms with Crippen LogP contribution in [0.25, 0.3) is 0 Å². The minimum atomic E-state index is -0.168. The van der Waals surface area contributed by atoms with Crippen molar-refractivity contribution in [3.05, 3.63) is 29.8 Å². The van der Waals surface area contributed by atoms with E-state index in [0.29, 0.717) is 0 Å². The molecule has 1 aromatic carbocycles. The van der Waals surface area contributed by atoms with Gasteiger partial charge in [-0.3, -0.25) is 0 Å². The summed E-state index contributed by atoms with van der Waals surface area (Å²) >= 11 is 1.93. The van der Waals surface area contributed by atoms with Gasteiger partial charge in [0.05, 0.1) is 11.5 Å². The van der Waals surface area contributed by atoms with Crippen LogP contribution in [0.3, 0.4) is 0 Å². The fourth-order valence-electron chi connectivity index (χ4n) is 2.21. The van der Waals surface area contributed by atoms with Crippen LogP contribution in [0.1, 0.15) is 51.5 Å². The number of nitriles is 1. The highest BCUT2D eigenvalue weighted by atomic mass is 32.2. The van der Waals surface area contributed by atoms with Gasteiger partial charge in [-0.15, -0.1) is 11.8 Å². The molecule has 0 spiro atoms. The van der Waals surface area contributed by atoms with E-state index in [2.05, 4.69) is 35.7 Å². The Morgan fingerprint density at radius 1 is 1.33 bits per heavy atom. The normalized spacial score (nSPS) is 14.9. The van der Waals surface area contributed by atoms with Gasteiger partial charge in [0.2, 0.25) is 0 Å². The number of thioether (sulfide) groups is 1. The molecular weight excluding hydrogens is 276 g/mol. The first kappa shape index (κ1) is 16.4. The van der Waals surface area contributed by atoms with E-state index in [1.165, 1.54) is 29.7 Å². The molecule has 0 bridgehead atoms. The van der Waals surface area contributed by atoms with Crippen LogP contribution in [-0.2, 0) is 6.54 Å². The summed E-state index contributed by atoms with van der Waals surface area (Å²) in [6.07, 6.45) is 5.99. The molecule has 0 radical (unpaired) electrons. The van der Waals surface area contributed by atoms with E-state index >= 15 is 0 Å². The number of rotatable bonds is 9. The largest absolute Gasteiger partial charge is 0.310 e. The molecule has 0 saturated heterocycles. The first-order chi connectivity index (χ1) is 10.1. The van der Waals surface area contributed by atoms with E-state index in [-0.39, 0.29) is 5.41 Å². The van der Waals surface area contributed by atoms with Crippen molar-refractivity contribution in [1.29, 1.82) is 5.26 Å². The number of nitrogens with one attached hydrogen (secondary N) is 1. The second kappa shape index (κ2) is 7.87. The Morgan fingerprint density at radius 3 is 2.86 bits per heavy atom. The summed E-state index contributed by atoms with van der Waals surface area (Å²) < 4.78 is 0. The first-order valence-corrected chi connectivity index (χ1v) is 8.94. The highest BCUT2D eigenvalue weighted by Crippen LogP contribution is 2.25. The number of nitrogens with zero attached hydrogens (tertiary/aromatic N) is 1. The maximum Gasteiger partial charge on any atom is 0.0683 e. The molecule has 1 aliphatic carbocycles. The fourth-order valence-corrected chi connectivity index (χ4v) is 3.20. The second-order valence-corrected chi connectivity index (χ2v) is 7.77. The van der Waals surface area contributed by atoms with Crippen LogP contribution in [0.15, 0.2) is 29.2 Å². The molecule has 0 aliphatic heterocycles.